The van der Waals surface area contributed by atoms with E-state index in [4.69, 9.17) is 0 Å². The lowest BCUT2D eigenvalue weighted by Crippen LogP contribution is -2.26. The van der Waals surface area contributed by atoms with Gasteiger partial charge in [0, 0.05) is 25.9 Å². The summed E-state index contributed by atoms with van der Waals surface area (Å²) in [5, 5.41) is 5.83. The molecule has 0 unspecified atom stereocenters. The van der Waals surface area contributed by atoms with Gasteiger partial charge in [0.2, 0.25) is 11.8 Å². The molecule has 4 heteroatoms. The number of amides is 2. The first kappa shape index (κ1) is 17.9. The first-order chi connectivity index (χ1) is 8.91. The fourth-order valence-electron chi connectivity index (χ4n) is 1.77. The molecule has 0 aromatic heterocycles. The van der Waals surface area contributed by atoms with Crippen LogP contribution in [0.1, 0.15) is 59.8 Å². The molecular weight excluding hydrogens is 240 g/mol. The summed E-state index contributed by atoms with van der Waals surface area (Å²) in [6.07, 6.45) is 4.19. The molecule has 0 spiro atoms. The van der Waals surface area contributed by atoms with Gasteiger partial charge in [-0.05, 0) is 31.1 Å². The van der Waals surface area contributed by atoms with E-state index in [1.54, 1.807) is 0 Å². The van der Waals surface area contributed by atoms with Crippen LogP contribution in [0, 0.1) is 11.8 Å². The van der Waals surface area contributed by atoms with Crippen LogP contribution in [0.2, 0.25) is 0 Å². The van der Waals surface area contributed by atoms with E-state index in [9.17, 15) is 9.59 Å². The van der Waals surface area contributed by atoms with Crippen LogP contribution in [0.3, 0.4) is 0 Å². The standard InChI is InChI=1S/C15H30N2O2/c1-12(2)10-14(18)16-8-6-5-7-9-17-15(19)11-13(3)4/h12-13H,5-11H2,1-4H3,(H,16,18)(H,17,19). The molecule has 2 amide bonds. The smallest absolute Gasteiger partial charge is 0.220 e. The normalized spacial score (nSPS) is 10.8. The average Bonchev–Trinajstić information content (AvgIpc) is 2.25. The lowest BCUT2D eigenvalue weighted by molar-refractivity contribution is -0.122. The maximum Gasteiger partial charge on any atom is 0.220 e. The molecule has 0 aromatic carbocycles. The molecule has 0 aliphatic heterocycles. The highest BCUT2D eigenvalue weighted by Gasteiger charge is 2.04. The van der Waals surface area contributed by atoms with Crippen molar-refractivity contribution in [2.24, 2.45) is 11.8 Å². The maximum atomic E-state index is 11.4. The quantitative estimate of drug-likeness (QED) is 0.599. The Morgan fingerprint density at radius 2 is 1.11 bits per heavy atom. The molecule has 0 aliphatic carbocycles. The molecule has 0 aliphatic rings. The zero-order valence-corrected chi connectivity index (χ0v) is 12.9. The molecule has 0 radical (unpaired) electrons. The van der Waals surface area contributed by atoms with Crippen LogP contribution in [0.5, 0.6) is 0 Å². The van der Waals surface area contributed by atoms with Gasteiger partial charge in [0.05, 0.1) is 0 Å². The number of carbonyl (C=O) groups is 2. The number of hydrogen-bond donors (Lipinski definition) is 2. The number of nitrogens with one attached hydrogen (secondary N) is 2. The van der Waals surface area contributed by atoms with E-state index >= 15 is 0 Å². The highest BCUT2D eigenvalue weighted by Crippen LogP contribution is 2.00. The van der Waals surface area contributed by atoms with E-state index in [1.165, 1.54) is 0 Å². The summed E-state index contributed by atoms with van der Waals surface area (Å²) in [6, 6.07) is 0. The van der Waals surface area contributed by atoms with E-state index in [0.29, 0.717) is 24.7 Å². The van der Waals surface area contributed by atoms with Crippen molar-refractivity contribution in [3.05, 3.63) is 0 Å². The molecule has 0 atom stereocenters. The topological polar surface area (TPSA) is 58.2 Å². The largest absolute Gasteiger partial charge is 0.356 e. The van der Waals surface area contributed by atoms with Crippen molar-refractivity contribution in [3.8, 4) is 0 Å². The number of unbranched alkanes of at least 4 members (excludes halogenated alkanes) is 2. The van der Waals surface area contributed by atoms with Gasteiger partial charge in [0.15, 0.2) is 0 Å². The Bertz CT molecular complexity index is 237. The minimum Gasteiger partial charge on any atom is -0.356 e. The molecule has 0 fully saturated rings. The van der Waals surface area contributed by atoms with Gasteiger partial charge in [-0.3, -0.25) is 9.59 Å². The molecule has 19 heavy (non-hydrogen) atoms. The van der Waals surface area contributed by atoms with E-state index in [-0.39, 0.29) is 11.8 Å². The van der Waals surface area contributed by atoms with Crippen LogP contribution in [0.25, 0.3) is 0 Å². The van der Waals surface area contributed by atoms with Crippen LogP contribution in [0.15, 0.2) is 0 Å². The van der Waals surface area contributed by atoms with Crippen molar-refractivity contribution in [3.63, 3.8) is 0 Å². The summed E-state index contributed by atoms with van der Waals surface area (Å²) in [7, 11) is 0. The van der Waals surface area contributed by atoms with Gasteiger partial charge in [-0.2, -0.15) is 0 Å². The van der Waals surface area contributed by atoms with Gasteiger partial charge in [-0.1, -0.05) is 27.7 Å². The average molecular weight is 270 g/mol. The highest BCUT2D eigenvalue weighted by molar-refractivity contribution is 5.76. The van der Waals surface area contributed by atoms with Crippen LogP contribution >= 0.6 is 0 Å². The molecule has 4 nitrogen and oxygen atoms in total. The molecule has 0 saturated heterocycles. The van der Waals surface area contributed by atoms with E-state index in [2.05, 4.69) is 10.6 Å². The molecular formula is C15H30N2O2. The summed E-state index contributed by atoms with van der Waals surface area (Å²) in [4.78, 5) is 22.7. The van der Waals surface area contributed by atoms with E-state index < -0.39 is 0 Å². The SMILES string of the molecule is CC(C)CC(=O)NCCCCCNC(=O)CC(C)C. The molecule has 0 rings (SSSR count). The van der Waals surface area contributed by atoms with Gasteiger partial charge in [-0.25, -0.2) is 0 Å². The maximum absolute atomic E-state index is 11.4. The molecule has 0 saturated carbocycles. The zero-order chi connectivity index (χ0) is 14.7. The van der Waals surface area contributed by atoms with Crippen molar-refractivity contribution in [2.45, 2.75) is 59.8 Å². The minimum atomic E-state index is 0.139. The third-order valence-corrected chi connectivity index (χ3v) is 2.69. The Morgan fingerprint density at radius 1 is 0.737 bits per heavy atom. The van der Waals surface area contributed by atoms with Gasteiger partial charge < -0.3 is 10.6 Å². The zero-order valence-electron chi connectivity index (χ0n) is 12.9. The second-order valence-electron chi connectivity index (χ2n) is 5.96. The number of hydrogen-bond acceptors (Lipinski definition) is 2. The summed E-state index contributed by atoms with van der Waals surface area (Å²) >= 11 is 0. The van der Waals surface area contributed by atoms with Crippen molar-refractivity contribution >= 4 is 11.8 Å². The minimum absolute atomic E-state index is 0.139. The summed E-state index contributed by atoms with van der Waals surface area (Å²) in [5.41, 5.74) is 0. The van der Waals surface area contributed by atoms with Crippen molar-refractivity contribution in [1.82, 2.24) is 10.6 Å². The summed E-state index contributed by atoms with van der Waals surface area (Å²) in [6.45, 7) is 9.65. The van der Waals surface area contributed by atoms with Crippen molar-refractivity contribution in [1.29, 1.82) is 0 Å². The lowest BCUT2D eigenvalue weighted by atomic mass is 10.1. The third kappa shape index (κ3) is 13.2. The fraction of sp³-hybridized carbons (Fsp3) is 0.867. The first-order valence-electron chi connectivity index (χ1n) is 7.45. The Balaban J connectivity index is 3.32. The van der Waals surface area contributed by atoms with Crippen LogP contribution in [0.4, 0.5) is 0 Å². The van der Waals surface area contributed by atoms with Gasteiger partial charge in [0.1, 0.15) is 0 Å². The van der Waals surface area contributed by atoms with E-state index in [1.807, 2.05) is 27.7 Å². The second-order valence-corrected chi connectivity index (χ2v) is 5.96. The molecule has 0 aromatic rings. The Hall–Kier alpha value is -1.06. The molecule has 0 bridgehead atoms. The fourth-order valence-corrected chi connectivity index (χ4v) is 1.77. The third-order valence-electron chi connectivity index (χ3n) is 2.69. The first-order valence-corrected chi connectivity index (χ1v) is 7.45. The number of rotatable bonds is 10. The molecule has 0 heterocycles. The monoisotopic (exact) mass is 270 g/mol. The predicted molar refractivity (Wildman–Crippen MR) is 78.8 cm³/mol. The van der Waals surface area contributed by atoms with Crippen LogP contribution < -0.4 is 10.6 Å². The molecule has 112 valence electrons. The predicted octanol–water partition coefficient (Wildman–Crippen LogP) is 2.48. The summed E-state index contributed by atoms with van der Waals surface area (Å²) < 4.78 is 0. The second kappa shape index (κ2) is 10.8. The Morgan fingerprint density at radius 3 is 1.42 bits per heavy atom. The van der Waals surface area contributed by atoms with Crippen molar-refractivity contribution in [2.75, 3.05) is 13.1 Å². The van der Waals surface area contributed by atoms with Gasteiger partial charge >= 0.3 is 0 Å². The van der Waals surface area contributed by atoms with E-state index in [0.717, 1.165) is 32.4 Å². The Labute approximate surface area is 117 Å². The van der Waals surface area contributed by atoms with Crippen molar-refractivity contribution < 1.29 is 9.59 Å². The van der Waals surface area contributed by atoms with Crippen LogP contribution in [-0.2, 0) is 9.59 Å². The van der Waals surface area contributed by atoms with Gasteiger partial charge in [-0.15, -0.1) is 0 Å². The van der Waals surface area contributed by atoms with Gasteiger partial charge in [0.25, 0.3) is 0 Å². The summed E-state index contributed by atoms with van der Waals surface area (Å²) in [5.74, 6) is 1.10. The van der Waals surface area contributed by atoms with Crippen LogP contribution in [-0.4, -0.2) is 24.9 Å². The molecule has 2 N–H and O–H groups in total. The Kier molecular flexibility index (Phi) is 10.2. The highest BCUT2D eigenvalue weighted by atomic mass is 16.2. The number of carbonyl (C=O) groups excluding carboxylic acids is 2. The lowest BCUT2D eigenvalue weighted by Gasteiger charge is -2.08.